The molecule has 2 aromatic carbocycles. The fourth-order valence-corrected chi connectivity index (χ4v) is 4.68. The lowest BCUT2D eigenvalue weighted by molar-refractivity contribution is 0.592. The summed E-state index contributed by atoms with van der Waals surface area (Å²) in [5, 5.41) is 0.484. The van der Waals surface area contributed by atoms with Crippen molar-refractivity contribution in [2.24, 2.45) is 0 Å². The fraction of sp³-hybridized carbons (Fsp3) is 0.143. The molecule has 3 rings (SSSR count). The van der Waals surface area contributed by atoms with Gasteiger partial charge in [-0.2, -0.15) is 0 Å². The number of nitrogens with zero attached hydrogens (tertiary/aromatic N) is 1. The topological polar surface area (TPSA) is 63.4 Å². The van der Waals surface area contributed by atoms with E-state index in [1.165, 1.54) is 16.4 Å². The summed E-state index contributed by atoms with van der Waals surface area (Å²) in [6.07, 6.45) is 0.623. The molecule has 0 amide bonds. The van der Waals surface area contributed by atoms with Gasteiger partial charge in [-0.3, -0.25) is 4.31 Å². The Labute approximate surface area is 133 Å². The Bertz CT molecular complexity index is 822. The molecule has 4 nitrogen and oxygen atoms in total. The first-order valence-electron chi connectivity index (χ1n) is 6.26. The molecule has 21 heavy (non-hydrogen) atoms. The molecule has 0 saturated carbocycles. The van der Waals surface area contributed by atoms with Crippen molar-refractivity contribution in [1.82, 2.24) is 0 Å². The summed E-state index contributed by atoms with van der Waals surface area (Å²) >= 11 is 11.9. The van der Waals surface area contributed by atoms with Crippen molar-refractivity contribution in [3.63, 3.8) is 0 Å². The molecule has 0 unspecified atom stereocenters. The minimum absolute atomic E-state index is 0.0151. The van der Waals surface area contributed by atoms with Gasteiger partial charge in [0.25, 0.3) is 10.0 Å². The van der Waals surface area contributed by atoms with Crippen LogP contribution in [-0.4, -0.2) is 15.0 Å². The van der Waals surface area contributed by atoms with E-state index < -0.39 is 10.0 Å². The third kappa shape index (κ3) is 2.46. The second kappa shape index (κ2) is 5.09. The Hall–Kier alpha value is -1.43. The van der Waals surface area contributed by atoms with E-state index in [2.05, 4.69) is 0 Å². The van der Waals surface area contributed by atoms with Crippen LogP contribution in [0.25, 0.3) is 0 Å². The van der Waals surface area contributed by atoms with Crippen LogP contribution in [0.1, 0.15) is 5.56 Å². The van der Waals surface area contributed by atoms with E-state index in [0.29, 0.717) is 29.4 Å². The highest BCUT2D eigenvalue weighted by Crippen LogP contribution is 2.36. The predicted molar refractivity (Wildman–Crippen MR) is 85.6 cm³/mol. The number of fused-ring (bicyclic) bond motifs is 1. The molecule has 0 bridgehead atoms. The number of nitrogens with two attached hydrogens (primary N) is 1. The highest BCUT2D eigenvalue weighted by molar-refractivity contribution is 7.93. The van der Waals surface area contributed by atoms with Gasteiger partial charge in [0.1, 0.15) is 4.90 Å². The maximum Gasteiger partial charge on any atom is 0.265 e. The van der Waals surface area contributed by atoms with Crippen LogP contribution in [0, 0.1) is 0 Å². The molecule has 2 aromatic rings. The SMILES string of the molecule is Nc1ccc2c(c1)CCN2S(=O)(=O)c1cc(Cl)ccc1Cl. The third-order valence-corrected chi connectivity index (χ3v) is 5.95. The third-order valence-electron chi connectivity index (χ3n) is 3.42. The van der Waals surface area contributed by atoms with Gasteiger partial charge in [-0.1, -0.05) is 23.2 Å². The molecular formula is C14H12Cl2N2O2S. The first kappa shape index (κ1) is 14.5. The van der Waals surface area contributed by atoms with Crippen molar-refractivity contribution < 1.29 is 8.42 Å². The molecule has 0 aromatic heterocycles. The second-order valence-electron chi connectivity index (χ2n) is 4.79. The Balaban J connectivity index is 2.11. The molecule has 0 spiro atoms. The van der Waals surface area contributed by atoms with E-state index in [-0.39, 0.29) is 9.92 Å². The van der Waals surface area contributed by atoms with Gasteiger partial charge >= 0.3 is 0 Å². The predicted octanol–water partition coefficient (Wildman–Crippen LogP) is 3.33. The van der Waals surface area contributed by atoms with E-state index in [1.54, 1.807) is 24.3 Å². The molecule has 2 N–H and O–H groups in total. The molecular weight excluding hydrogens is 331 g/mol. The van der Waals surface area contributed by atoms with Gasteiger partial charge in [-0.25, -0.2) is 8.42 Å². The maximum absolute atomic E-state index is 12.8. The zero-order chi connectivity index (χ0) is 15.2. The summed E-state index contributed by atoms with van der Waals surface area (Å²) < 4.78 is 27.0. The van der Waals surface area contributed by atoms with Gasteiger partial charge in [-0.05, 0) is 48.4 Å². The minimum Gasteiger partial charge on any atom is -0.399 e. The highest BCUT2D eigenvalue weighted by atomic mass is 35.5. The molecule has 0 fully saturated rings. The molecule has 0 saturated heterocycles. The fourth-order valence-electron chi connectivity index (χ4n) is 2.43. The summed E-state index contributed by atoms with van der Waals surface area (Å²) in [7, 11) is -3.74. The molecule has 0 radical (unpaired) electrons. The summed E-state index contributed by atoms with van der Waals surface area (Å²) in [5.74, 6) is 0. The standard InChI is InChI=1S/C14H12Cl2N2O2S/c15-10-1-3-12(16)14(8-10)21(19,20)18-6-5-9-7-11(17)2-4-13(9)18/h1-4,7-8H,5-6,17H2. The van der Waals surface area contributed by atoms with Crippen molar-refractivity contribution in [1.29, 1.82) is 0 Å². The van der Waals surface area contributed by atoms with Gasteiger partial charge in [0.05, 0.1) is 10.7 Å². The van der Waals surface area contributed by atoms with E-state index in [1.807, 2.05) is 0 Å². The van der Waals surface area contributed by atoms with Gasteiger partial charge in [0.15, 0.2) is 0 Å². The molecule has 110 valence electrons. The quantitative estimate of drug-likeness (QED) is 0.851. The molecule has 1 heterocycles. The number of halogens is 2. The number of nitrogen functional groups attached to an aromatic ring is 1. The average Bonchev–Trinajstić information content (AvgIpc) is 2.84. The van der Waals surface area contributed by atoms with Crippen molar-refractivity contribution >= 4 is 44.6 Å². The largest absolute Gasteiger partial charge is 0.399 e. The maximum atomic E-state index is 12.8. The lowest BCUT2D eigenvalue weighted by Gasteiger charge is -2.20. The van der Waals surface area contributed by atoms with Gasteiger partial charge in [-0.15, -0.1) is 0 Å². The highest BCUT2D eigenvalue weighted by Gasteiger charge is 2.32. The van der Waals surface area contributed by atoms with Crippen molar-refractivity contribution in [2.75, 3.05) is 16.6 Å². The van der Waals surface area contributed by atoms with Gasteiger partial charge in [0.2, 0.25) is 0 Å². The number of hydrogen-bond donors (Lipinski definition) is 1. The molecule has 7 heteroatoms. The van der Waals surface area contributed by atoms with Crippen LogP contribution < -0.4 is 10.0 Å². The molecule has 1 aliphatic rings. The molecule has 0 aliphatic carbocycles. The lowest BCUT2D eigenvalue weighted by atomic mass is 10.1. The normalized spacial score (nSPS) is 14.3. The number of hydrogen-bond acceptors (Lipinski definition) is 3. The zero-order valence-corrected chi connectivity index (χ0v) is 13.2. The zero-order valence-electron chi connectivity index (χ0n) is 10.9. The Morgan fingerprint density at radius 3 is 2.62 bits per heavy atom. The monoisotopic (exact) mass is 342 g/mol. The van der Waals surface area contributed by atoms with Crippen molar-refractivity contribution in [2.45, 2.75) is 11.3 Å². The van der Waals surface area contributed by atoms with Crippen molar-refractivity contribution in [3.05, 3.63) is 52.0 Å². The van der Waals surface area contributed by atoms with Gasteiger partial charge in [0, 0.05) is 17.3 Å². The number of benzene rings is 2. The summed E-state index contributed by atoms with van der Waals surface area (Å²) in [6.45, 7) is 0.365. The average molecular weight is 343 g/mol. The first-order chi connectivity index (χ1) is 9.89. The van der Waals surface area contributed by atoms with Crippen LogP contribution in [-0.2, 0) is 16.4 Å². The number of anilines is 2. The summed E-state index contributed by atoms with van der Waals surface area (Å²) in [6, 6.07) is 9.61. The van der Waals surface area contributed by atoms with Gasteiger partial charge < -0.3 is 5.73 Å². The van der Waals surface area contributed by atoms with E-state index in [9.17, 15) is 8.42 Å². The minimum atomic E-state index is -3.74. The Morgan fingerprint density at radius 1 is 1.10 bits per heavy atom. The van der Waals surface area contributed by atoms with Crippen LogP contribution in [0.4, 0.5) is 11.4 Å². The lowest BCUT2D eigenvalue weighted by Crippen LogP contribution is -2.29. The first-order valence-corrected chi connectivity index (χ1v) is 8.45. The summed E-state index contributed by atoms with van der Waals surface area (Å²) in [5.41, 5.74) is 7.91. The van der Waals surface area contributed by atoms with E-state index >= 15 is 0 Å². The van der Waals surface area contributed by atoms with Crippen LogP contribution in [0.5, 0.6) is 0 Å². The summed E-state index contributed by atoms with van der Waals surface area (Å²) in [4.78, 5) is 0.0151. The smallest absolute Gasteiger partial charge is 0.265 e. The van der Waals surface area contributed by atoms with E-state index in [4.69, 9.17) is 28.9 Å². The molecule has 0 atom stereocenters. The number of rotatable bonds is 2. The van der Waals surface area contributed by atoms with Crippen LogP contribution in [0.2, 0.25) is 10.0 Å². The Morgan fingerprint density at radius 2 is 1.86 bits per heavy atom. The van der Waals surface area contributed by atoms with Crippen LogP contribution in [0.15, 0.2) is 41.3 Å². The van der Waals surface area contributed by atoms with Crippen LogP contribution >= 0.6 is 23.2 Å². The van der Waals surface area contributed by atoms with Crippen LogP contribution in [0.3, 0.4) is 0 Å². The van der Waals surface area contributed by atoms with E-state index in [0.717, 1.165) is 5.56 Å². The van der Waals surface area contributed by atoms with Crippen molar-refractivity contribution in [3.8, 4) is 0 Å². The number of sulfonamides is 1. The second-order valence-corrected chi connectivity index (χ2v) is 7.46. The molecule has 1 aliphatic heterocycles. The Kier molecular flexibility index (Phi) is 3.51.